The SMILES string of the molecule is COc1ccc2c(C(=O)CN3CCC[C@H](C)C3)c[nH]c2c1. The number of aromatic amines is 1. The zero-order valence-corrected chi connectivity index (χ0v) is 12.7. The summed E-state index contributed by atoms with van der Waals surface area (Å²) in [6.45, 7) is 4.84. The molecule has 0 amide bonds. The van der Waals surface area contributed by atoms with Crippen molar-refractivity contribution < 1.29 is 9.53 Å². The summed E-state index contributed by atoms with van der Waals surface area (Å²) in [6.07, 6.45) is 4.29. The average molecular weight is 286 g/mol. The second-order valence-corrected chi connectivity index (χ2v) is 6.02. The van der Waals surface area contributed by atoms with E-state index in [2.05, 4.69) is 16.8 Å². The molecule has 21 heavy (non-hydrogen) atoms. The van der Waals surface area contributed by atoms with Gasteiger partial charge in [-0.05, 0) is 37.4 Å². The Hall–Kier alpha value is -1.81. The number of H-pyrrole nitrogens is 1. The van der Waals surface area contributed by atoms with Crippen molar-refractivity contribution in [1.82, 2.24) is 9.88 Å². The highest BCUT2D eigenvalue weighted by atomic mass is 16.5. The van der Waals surface area contributed by atoms with Crippen LogP contribution < -0.4 is 4.74 Å². The largest absolute Gasteiger partial charge is 0.497 e. The lowest BCUT2D eigenvalue weighted by Gasteiger charge is -2.30. The molecule has 0 spiro atoms. The molecule has 1 aliphatic heterocycles. The Kier molecular flexibility index (Phi) is 3.97. The first-order valence-electron chi connectivity index (χ1n) is 7.58. The average Bonchev–Trinajstić information content (AvgIpc) is 2.90. The molecule has 1 N–H and O–H groups in total. The zero-order chi connectivity index (χ0) is 14.8. The van der Waals surface area contributed by atoms with Gasteiger partial charge in [-0.3, -0.25) is 9.69 Å². The number of benzene rings is 1. The highest BCUT2D eigenvalue weighted by molar-refractivity contribution is 6.09. The van der Waals surface area contributed by atoms with Gasteiger partial charge in [-0.15, -0.1) is 0 Å². The minimum absolute atomic E-state index is 0.195. The van der Waals surface area contributed by atoms with E-state index in [9.17, 15) is 4.79 Å². The van der Waals surface area contributed by atoms with Crippen LogP contribution in [0.4, 0.5) is 0 Å². The number of rotatable bonds is 4. The number of methoxy groups -OCH3 is 1. The van der Waals surface area contributed by atoms with Crippen molar-refractivity contribution in [2.24, 2.45) is 5.92 Å². The van der Waals surface area contributed by atoms with Crippen LogP contribution in [0.15, 0.2) is 24.4 Å². The number of hydrogen-bond acceptors (Lipinski definition) is 3. The molecule has 4 nitrogen and oxygen atoms in total. The number of likely N-dealkylation sites (tertiary alicyclic amines) is 1. The van der Waals surface area contributed by atoms with E-state index in [1.54, 1.807) is 7.11 Å². The number of ketones is 1. The molecular formula is C17H22N2O2. The fourth-order valence-electron chi connectivity index (χ4n) is 3.18. The number of nitrogens with one attached hydrogen (secondary N) is 1. The molecule has 2 aromatic rings. The molecule has 4 heteroatoms. The molecule has 1 fully saturated rings. The number of nitrogens with zero attached hydrogens (tertiary/aromatic N) is 1. The van der Waals surface area contributed by atoms with Gasteiger partial charge in [0.05, 0.1) is 13.7 Å². The predicted molar refractivity (Wildman–Crippen MR) is 84.0 cm³/mol. The number of carbonyl (C=O) groups excluding carboxylic acids is 1. The number of Topliss-reactive ketones (excluding diaryl/α,β-unsaturated/α-hetero) is 1. The van der Waals surface area contributed by atoms with Gasteiger partial charge in [0.15, 0.2) is 5.78 Å². The van der Waals surface area contributed by atoms with E-state index >= 15 is 0 Å². The quantitative estimate of drug-likeness (QED) is 0.878. The molecule has 0 bridgehead atoms. The topological polar surface area (TPSA) is 45.3 Å². The van der Waals surface area contributed by atoms with Gasteiger partial charge in [-0.2, -0.15) is 0 Å². The molecule has 1 aromatic carbocycles. The van der Waals surface area contributed by atoms with Gasteiger partial charge >= 0.3 is 0 Å². The molecule has 1 aliphatic rings. The highest BCUT2D eigenvalue weighted by Gasteiger charge is 2.20. The normalized spacial score (nSPS) is 19.8. The zero-order valence-electron chi connectivity index (χ0n) is 12.7. The van der Waals surface area contributed by atoms with Gasteiger partial charge < -0.3 is 9.72 Å². The Morgan fingerprint density at radius 3 is 3.10 bits per heavy atom. The molecule has 0 aliphatic carbocycles. The lowest BCUT2D eigenvalue weighted by Crippen LogP contribution is -2.37. The van der Waals surface area contributed by atoms with E-state index < -0.39 is 0 Å². The maximum atomic E-state index is 12.6. The second kappa shape index (κ2) is 5.90. The molecule has 1 atom stereocenters. The van der Waals surface area contributed by atoms with Crippen LogP contribution in [0.1, 0.15) is 30.1 Å². The summed E-state index contributed by atoms with van der Waals surface area (Å²) in [6, 6.07) is 5.78. The predicted octanol–water partition coefficient (Wildman–Crippen LogP) is 3.09. The van der Waals surface area contributed by atoms with Crippen molar-refractivity contribution in [3.8, 4) is 5.75 Å². The molecule has 0 saturated carbocycles. The van der Waals surface area contributed by atoms with Gasteiger partial charge in [0.2, 0.25) is 0 Å². The fourth-order valence-corrected chi connectivity index (χ4v) is 3.18. The minimum Gasteiger partial charge on any atom is -0.497 e. The summed E-state index contributed by atoms with van der Waals surface area (Å²) in [5, 5.41) is 0.978. The third-order valence-corrected chi connectivity index (χ3v) is 4.30. The Bertz CT molecular complexity index is 647. The van der Waals surface area contributed by atoms with Crippen LogP contribution in [0.2, 0.25) is 0 Å². The monoisotopic (exact) mass is 286 g/mol. The Morgan fingerprint density at radius 1 is 1.48 bits per heavy atom. The summed E-state index contributed by atoms with van der Waals surface area (Å²) in [7, 11) is 1.65. The van der Waals surface area contributed by atoms with Crippen molar-refractivity contribution in [3.05, 3.63) is 30.0 Å². The molecule has 1 saturated heterocycles. The number of ether oxygens (including phenoxy) is 1. The standard InChI is InChI=1S/C17H22N2O2/c1-12-4-3-7-19(10-12)11-17(20)15-9-18-16-8-13(21-2)5-6-14(15)16/h5-6,8-9,12,18H,3-4,7,10-11H2,1-2H3/t12-/m0/s1. The van der Waals surface area contributed by atoms with Crippen molar-refractivity contribution in [2.75, 3.05) is 26.7 Å². The van der Waals surface area contributed by atoms with E-state index in [-0.39, 0.29) is 5.78 Å². The molecule has 0 radical (unpaired) electrons. The Labute approximate surface area is 125 Å². The van der Waals surface area contributed by atoms with Gasteiger partial charge in [0.1, 0.15) is 5.75 Å². The molecule has 2 heterocycles. The Morgan fingerprint density at radius 2 is 2.33 bits per heavy atom. The van der Waals surface area contributed by atoms with E-state index in [0.29, 0.717) is 12.5 Å². The molecule has 3 rings (SSSR count). The first-order valence-corrected chi connectivity index (χ1v) is 7.58. The summed E-state index contributed by atoms with van der Waals surface area (Å²) < 4.78 is 5.21. The lowest BCUT2D eigenvalue weighted by molar-refractivity contribution is 0.0894. The van der Waals surface area contributed by atoms with Crippen LogP contribution in [0.5, 0.6) is 5.75 Å². The van der Waals surface area contributed by atoms with E-state index in [1.807, 2.05) is 24.4 Å². The van der Waals surface area contributed by atoms with Gasteiger partial charge in [0.25, 0.3) is 0 Å². The van der Waals surface area contributed by atoms with Gasteiger partial charge in [-0.25, -0.2) is 0 Å². The first-order chi connectivity index (χ1) is 10.2. The summed E-state index contributed by atoms with van der Waals surface area (Å²) in [4.78, 5) is 18.0. The van der Waals surface area contributed by atoms with Crippen molar-refractivity contribution >= 4 is 16.7 Å². The lowest BCUT2D eigenvalue weighted by atomic mass is 9.99. The molecule has 0 unspecified atom stereocenters. The third-order valence-electron chi connectivity index (χ3n) is 4.30. The van der Waals surface area contributed by atoms with Gasteiger partial charge in [0, 0.05) is 35.3 Å². The Balaban J connectivity index is 1.78. The number of aromatic nitrogens is 1. The number of piperidine rings is 1. The fraction of sp³-hybridized carbons (Fsp3) is 0.471. The van der Waals surface area contributed by atoms with E-state index in [4.69, 9.17) is 4.74 Å². The maximum Gasteiger partial charge on any atom is 0.178 e. The van der Waals surface area contributed by atoms with Crippen molar-refractivity contribution in [2.45, 2.75) is 19.8 Å². The smallest absolute Gasteiger partial charge is 0.178 e. The first kappa shape index (κ1) is 14.1. The summed E-state index contributed by atoms with van der Waals surface area (Å²) >= 11 is 0. The maximum absolute atomic E-state index is 12.6. The van der Waals surface area contributed by atoms with Crippen molar-refractivity contribution in [3.63, 3.8) is 0 Å². The summed E-state index contributed by atoms with van der Waals surface area (Å²) in [5.41, 5.74) is 1.73. The second-order valence-electron chi connectivity index (χ2n) is 6.02. The van der Waals surface area contributed by atoms with Crippen LogP contribution in [0, 0.1) is 5.92 Å². The third kappa shape index (κ3) is 2.95. The van der Waals surface area contributed by atoms with Crippen molar-refractivity contribution in [1.29, 1.82) is 0 Å². The number of carbonyl (C=O) groups is 1. The van der Waals surface area contributed by atoms with E-state index in [0.717, 1.165) is 35.3 Å². The van der Waals surface area contributed by atoms with Crippen LogP contribution in [0.3, 0.4) is 0 Å². The van der Waals surface area contributed by atoms with E-state index in [1.165, 1.54) is 12.8 Å². The molecular weight excluding hydrogens is 264 g/mol. The van der Waals surface area contributed by atoms with Crippen LogP contribution >= 0.6 is 0 Å². The number of fused-ring (bicyclic) bond motifs is 1. The molecule has 112 valence electrons. The van der Waals surface area contributed by atoms with Crippen LogP contribution in [0.25, 0.3) is 10.9 Å². The highest BCUT2D eigenvalue weighted by Crippen LogP contribution is 2.24. The minimum atomic E-state index is 0.195. The summed E-state index contributed by atoms with van der Waals surface area (Å²) in [5.74, 6) is 1.69. The number of hydrogen-bond donors (Lipinski definition) is 1. The van der Waals surface area contributed by atoms with Crippen LogP contribution in [-0.2, 0) is 0 Å². The van der Waals surface area contributed by atoms with Crippen LogP contribution in [-0.4, -0.2) is 42.4 Å². The molecule has 1 aromatic heterocycles. The van der Waals surface area contributed by atoms with Gasteiger partial charge in [-0.1, -0.05) is 6.92 Å².